The first-order valence-electron chi connectivity index (χ1n) is 14.5. The number of aromatic nitrogens is 6. The van der Waals surface area contributed by atoms with Crippen molar-refractivity contribution in [2.45, 2.75) is 13.1 Å². The number of nitrogens with zero attached hydrogens (tertiary/aromatic N) is 7. The molecular weight excluding hydrogens is 587 g/mol. The zero-order valence-electron chi connectivity index (χ0n) is 24.5. The lowest BCUT2D eigenvalue weighted by molar-refractivity contribution is -0.141. The van der Waals surface area contributed by atoms with Crippen LogP contribution >= 0.6 is 0 Å². The Hall–Kier alpha value is -6.03. The quantitative estimate of drug-likeness (QED) is 0.180. The molecule has 4 heterocycles. The summed E-state index contributed by atoms with van der Waals surface area (Å²) in [5.74, 6) is 1.59. The molecule has 0 spiro atoms. The van der Waals surface area contributed by atoms with Gasteiger partial charge in [-0.15, -0.1) is 0 Å². The van der Waals surface area contributed by atoms with E-state index in [4.69, 9.17) is 9.97 Å². The van der Waals surface area contributed by atoms with Crippen LogP contribution in [0.15, 0.2) is 140 Å². The number of imidazole rings is 2. The SMILES string of the molecule is Cc1c(-c2ccccc2)ncn1-c1cccc(N(c2ccccc2)c2cccc(-n3cnc(-c4ccccc4)c3C(F)(F)F)n2)n1. The van der Waals surface area contributed by atoms with E-state index in [1.165, 1.54) is 6.07 Å². The molecule has 0 bridgehead atoms. The van der Waals surface area contributed by atoms with Gasteiger partial charge in [-0.1, -0.05) is 91.0 Å². The van der Waals surface area contributed by atoms with Crippen LogP contribution in [0.3, 0.4) is 0 Å². The number of anilines is 3. The molecule has 7 aromatic rings. The van der Waals surface area contributed by atoms with Crippen molar-refractivity contribution in [3.63, 3.8) is 0 Å². The largest absolute Gasteiger partial charge is 0.434 e. The summed E-state index contributed by atoms with van der Waals surface area (Å²) in [7, 11) is 0. The van der Waals surface area contributed by atoms with E-state index < -0.39 is 11.9 Å². The summed E-state index contributed by atoms with van der Waals surface area (Å²) < 4.78 is 46.5. The average molecular weight is 614 g/mol. The van der Waals surface area contributed by atoms with Crippen LogP contribution in [0, 0.1) is 6.92 Å². The van der Waals surface area contributed by atoms with Gasteiger partial charge in [0.15, 0.2) is 5.69 Å². The van der Waals surface area contributed by atoms with Crippen molar-refractivity contribution in [1.29, 1.82) is 0 Å². The van der Waals surface area contributed by atoms with Crippen LogP contribution < -0.4 is 4.90 Å². The maximum Gasteiger partial charge on any atom is 0.434 e. The lowest BCUT2D eigenvalue weighted by atomic mass is 10.1. The van der Waals surface area contributed by atoms with E-state index in [1.54, 1.807) is 53.7 Å². The Morgan fingerprint density at radius 3 is 1.59 bits per heavy atom. The van der Waals surface area contributed by atoms with Gasteiger partial charge in [0.25, 0.3) is 0 Å². The molecule has 10 heteroatoms. The lowest BCUT2D eigenvalue weighted by Crippen LogP contribution is -2.17. The summed E-state index contributed by atoms with van der Waals surface area (Å²) in [6, 6.07) is 38.2. The highest BCUT2D eigenvalue weighted by molar-refractivity contribution is 5.73. The predicted octanol–water partition coefficient (Wildman–Crippen LogP) is 8.98. The molecule has 0 saturated heterocycles. The monoisotopic (exact) mass is 613 g/mol. The van der Waals surface area contributed by atoms with Gasteiger partial charge in [0.1, 0.15) is 41.6 Å². The fourth-order valence-electron chi connectivity index (χ4n) is 5.42. The molecule has 0 aliphatic carbocycles. The van der Waals surface area contributed by atoms with Gasteiger partial charge >= 0.3 is 6.18 Å². The molecule has 226 valence electrons. The first kappa shape index (κ1) is 28.7. The van der Waals surface area contributed by atoms with E-state index in [-0.39, 0.29) is 11.5 Å². The topological polar surface area (TPSA) is 64.7 Å². The summed E-state index contributed by atoms with van der Waals surface area (Å²) in [6.45, 7) is 1.98. The fraction of sp³-hybridized carbons (Fsp3) is 0.0556. The number of benzene rings is 3. The molecule has 0 amide bonds. The minimum absolute atomic E-state index is 0.0644. The molecule has 0 N–H and O–H groups in total. The second kappa shape index (κ2) is 11.8. The van der Waals surface area contributed by atoms with Crippen molar-refractivity contribution in [2.75, 3.05) is 4.90 Å². The van der Waals surface area contributed by atoms with E-state index in [0.29, 0.717) is 23.0 Å². The Labute approximate surface area is 262 Å². The third kappa shape index (κ3) is 5.41. The first-order valence-corrected chi connectivity index (χ1v) is 14.5. The number of hydrogen-bond donors (Lipinski definition) is 0. The van der Waals surface area contributed by atoms with Gasteiger partial charge in [0.05, 0.1) is 5.69 Å². The van der Waals surface area contributed by atoms with Gasteiger partial charge in [-0.2, -0.15) is 13.2 Å². The molecule has 46 heavy (non-hydrogen) atoms. The van der Waals surface area contributed by atoms with Crippen molar-refractivity contribution in [1.82, 2.24) is 29.1 Å². The van der Waals surface area contributed by atoms with Crippen LogP contribution in [0.5, 0.6) is 0 Å². The second-order valence-corrected chi connectivity index (χ2v) is 10.5. The highest BCUT2D eigenvalue weighted by Gasteiger charge is 2.39. The minimum Gasteiger partial charge on any atom is -0.287 e. The van der Waals surface area contributed by atoms with Gasteiger partial charge in [-0.25, -0.2) is 19.9 Å². The number of pyridine rings is 2. The fourth-order valence-corrected chi connectivity index (χ4v) is 5.42. The summed E-state index contributed by atoms with van der Waals surface area (Å²) in [5.41, 5.74) is 2.78. The van der Waals surface area contributed by atoms with Gasteiger partial charge in [0, 0.05) is 22.5 Å². The average Bonchev–Trinajstić information content (AvgIpc) is 3.71. The van der Waals surface area contributed by atoms with Gasteiger partial charge in [0.2, 0.25) is 0 Å². The number of halogens is 3. The minimum atomic E-state index is -4.68. The van der Waals surface area contributed by atoms with Crippen LogP contribution in [0.1, 0.15) is 11.4 Å². The van der Waals surface area contributed by atoms with Crippen molar-refractivity contribution < 1.29 is 13.2 Å². The summed E-state index contributed by atoms with van der Waals surface area (Å²) in [6.07, 6.45) is -1.79. The van der Waals surface area contributed by atoms with E-state index in [1.807, 2.05) is 90.4 Å². The Kier molecular flexibility index (Phi) is 7.38. The number of hydrogen-bond acceptors (Lipinski definition) is 5. The Balaban J connectivity index is 1.33. The van der Waals surface area contributed by atoms with Crippen LogP contribution in [0.25, 0.3) is 34.2 Å². The molecule has 0 atom stereocenters. The molecule has 0 unspecified atom stereocenters. The van der Waals surface area contributed by atoms with Crippen LogP contribution in [0.2, 0.25) is 0 Å². The van der Waals surface area contributed by atoms with Crippen molar-refractivity contribution in [3.05, 3.63) is 151 Å². The molecule has 3 aromatic carbocycles. The Morgan fingerprint density at radius 2 is 1.02 bits per heavy atom. The highest BCUT2D eigenvalue weighted by atomic mass is 19.4. The zero-order chi connectivity index (χ0) is 31.7. The highest BCUT2D eigenvalue weighted by Crippen LogP contribution is 2.39. The van der Waals surface area contributed by atoms with Crippen LogP contribution in [-0.2, 0) is 6.18 Å². The molecule has 0 saturated carbocycles. The molecule has 0 fully saturated rings. The van der Waals surface area contributed by atoms with E-state index in [0.717, 1.165) is 33.5 Å². The Bertz CT molecular complexity index is 2110. The lowest BCUT2D eigenvalue weighted by Gasteiger charge is -2.24. The number of rotatable bonds is 7. The third-order valence-corrected chi connectivity index (χ3v) is 7.54. The molecule has 7 nitrogen and oxygen atoms in total. The standard InChI is InChI=1S/C36H26F3N7/c1-25-33(26-13-5-2-6-14-26)40-23-44(25)29-19-11-21-31(42-29)46(28-17-9-4-10-18-28)32-22-12-20-30(43-32)45-24-41-34(35(45)36(37,38)39)27-15-7-3-8-16-27/h2-24H,1H3. The van der Waals surface area contributed by atoms with Gasteiger partial charge in [-0.05, 0) is 43.3 Å². The van der Waals surface area contributed by atoms with Crippen molar-refractivity contribution >= 4 is 17.3 Å². The van der Waals surface area contributed by atoms with Crippen LogP contribution in [0.4, 0.5) is 30.5 Å². The van der Waals surface area contributed by atoms with E-state index in [2.05, 4.69) is 9.97 Å². The summed E-state index contributed by atoms with van der Waals surface area (Å²) in [5, 5.41) is 0. The maximum absolute atomic E-state index is 14.5. The van der Waals surface area contributed by atoms with Gasteiger partial charge < -0.3 is 0 Å². The molecule has 0 radical (unpaired) electrons. The molecular formula is C36H26F3N7. The zero-order valence-corrected chi connectivity index (χ0v) is 24.5. The smallest absolute Gasteiger partial charge is 0.287 e. The summed E-state index contributed by atoms with van der Waals surface area (Å²) in [4.78, 5) is 20.3. The van der Waals surface area contributed by atoms with Gasteiger partial charge in [-0.3, -0.25) is 14.0 Å². The second-order valence-electron chi connectivity index (χ2n) is 10.5. The third-order valence-electron chi connectivity index (χ3n) is 7.54. The van der Waals surface area contributed by atoms with E-state index in [9.17, 15) is 13.2 Å². The first-order chi connectivity index (χ1) is 22.4. The van der Waals surface area contributed by atoms with Crippen LogP contribution in [-0.4, -0.2) is 29.1 Å². The number of alkyl halides is 3. The molecule has 4 aromatic heterocycles. The van der Waals surface area contributed by atoms with Crippen molar-refractivity contribution in [3.8, 4) is 34.2 Å². The van der Waals surface area contributed by atoms with Crippen molar-refractivity contribution in [2.24, 2.45) is 0 Å². The number of para-hydroxylation sites is 1. The summed E-state index contributed by atoms with van der Waals surface area (Å²) >= 11 is 0. The van der Waals surface area contributed by atoms with E-state index >= 15 is 0 Å². The normalized spacial score (nSPS) is 11.5. The molecule has 0 aliphatic rings. The Morgan fingerprint density at radius 1 is 0.543 bits per heavy atom. The molecule has 0 aliphatic heterocycles. The maximum atomic E-state index is 14.5. The predicted molar refractivity (Wildman–Crippen MR) is 172 cm³/mol. The molecule has 7 rings (SSSR count).